The summed E-state index contributed by atoms with van der Waals surface area (Å²) in [6.07, 6.45) is 0. The molecule has 1 aliphatic heterocycles. The molecule has 0 spiro atoms. The average Bonchev–Trinajstić information content (AvgIpc) is 3.33. The monoisotopic (exact) mass is 406 g/mol. The third-order valence-corrected chi connectivity index (χ3v) is 5.69. The number of carbonyl (C=O) groups excluding carboxylic acids is 2. The van der Waals surface area contributed by atoms with Gasteiger partial charge in [0.05, 0.1) is 11.3 Å². The van der Waals surface area contributed by atoms with E-state index in [1.54, 1.807) is 6.07 Å². The topological polar surface area (TPSA) is 40.6 Å². The zero-order valence-corrected chi connectivity index (χ0v) is 16.7. The molecule has 2 heterocycles. The Hall–Kier alpha value is -3.25. The number of rotatable bonds is 6. The number of benzene rings is 2. The minimum Gasteiger partial charge on any atom is -0.362 e. The second kappa shape index (κ2) is 8.01. The summed E-state index contributed by atoms with van der Waals surface area (Å²) in [5, 5.41) is 1.87. The Morgan fingerprint density at radius 3 is 2.41 bits per heavy atom. The molecule has 2 aromatic carbocycles. The summed E-state index contributed by atoms with van der Waals surface area (Å²) in [6.45, 7) is 3.00. The van der Waals surface area contributed by atoms with E-state index < -0.39 is 17.6 Å². The van der Waals surface area contributed by atoms with Crippen LogP contribution in [-0.4, -0.2) is 23.3 Å². The number of likely N-dealkylation sites (N-methyl/N-ethyl adjacent to an activating group) is 1. The number of anilines is 1. The fraction of sp³-hybridized carbons (Fsp3) is 0.130. The molecule has 2 amide bonds. The molecule has 0 radical (unpaired) electrons. The van der Waals surface area contributed by atoms with E-state index in [0.29, 0.717) is 24.4 Å². The van der Waals surface area contributed by atoms with Crippen LogP contribution in [0.15, 0.2) is 77.8 Å². The third-order valence-electron chi connectivity index (χ3n) is 4.81. The maximum absolute atomic E-state index is 13.8. The van der Waals surface area contributed by atoms with Crippen molar-refractivity contribution in [3.63, 3.8) is 0 Å². The van der Waals surface area contributed by atoms with E-state index in [4.69, 9.17) is 0 Å². The summed E-state index contributed by atoms with van der Waals surface area (Å²) in [7, 11) is 0. The molecule has 0 atom stereocenters. The van der Waals surface area contributed by atoms with Crippen molar-refractivity contribution >= 4 is 34.4 Å². The third kappa shape index (κ3) is 3.59. The smallest absolute Gasteiger partial charge is 0.282 e. The van der Waals surface area contributed by atoms with Crippen LogP contribution < -0.4 is 4.90 Å². The van der Waals surface area contributed by atoms with Crippen molar-refractivity contribution in [2.75, 3.05) is 11.4 Å². The molecular formula is C23H19FN2O2S. The number of hydrogen-bond donors (Lipinski definition) is 0. The standard InChI is InChI=1S/C23H19FN2O2S/c1-2-25(15-16-8-4-3-5-9-16)21-20(19-12-7-13-29-19)22(27)26(23(21)28)18-11-6-10-17(24)14-18/h3-14H,2,15H2,1H3. The number of hydrogen-bond acceptors (Lipinski definition) is 4. The van der Waals surface area contributed by atoms with Gasteiger partial charge in [-0.15, -0.1) is 11.3 Å². The molecule has 1 aliphatic rings. The average molecular weight is 406 g/mol. The zero-order chi connectivity index (χ0) is 20.4. The second-order valence-electron chi connectivity index (χ2n) is 6.63. The first-order valence-corrected chi connectivity index (χ1v) is 10.2. The molecule has 0 unspecified atom stereocenters. The minimum atomic E-state index is -0.495. The van der Waals surface area contributed by atoms with Gasteiger partial charge in [0.25, 0.3) is 11.8 Å². The Morgan fingerprint density at radius 2 is 1.76 bits per heavy atom. The highest BCUT2D eigenvalue weighted by Crippen LogP contribution is 2.37. The van der Waals surface area contributed by atoms with Crippen molar-refractivity contribution in [2.24, 2.45) is 0 Å². The van der Waals surface area contributed by atoms with Crippen molar-refractivity contribution in [2.45, 2.75) is 13.5 Å². The normalized spacial score (nSPS) is 14.1. The molecular weight excluding hydrogens is 387 g/mol. The SMILES string of the molecule is CCN(Cc1ccccc1)C1=C(c2cccs2)C(=O)N(c2cccc(F)c2)C1=O. The van der Waals surface area contributed by atoms with Crippen LogP contribution in [0.5, 0.6) is 0 Å². The maximum Gasteiger partial charge on any atom is 0.282 e. The highest BCUT2D eigenvalue weighted by Gasteiger charge is 2.42. The summed E-state index contributed by atoms with van der Waals surface area (Å²) < 4.78 is 13.8. The van der Waals surface area contributed by atoms with E-state index in [1.807, 2.05) is 59.7 Å². The van der Waals surface area contributed by atoms with Gasteiger partial charge in [-0.1, -0.05) is 42.5 Å². The number of thiophene rings is 1. The largest absolute Gasteiger partial charge is 0.362 e. The number of carbonyl (C=O) groups is 2. The number of nitrogens with zero attached hydrogens (tertiary/aromatic N) is 2. The molecule has 1 aromatic heterocycles. The second-order valence-corrected chi connectivity index (χ2v) is 7.57. The van der Waals surface area contributed by atoms with E-state index in [2.05, 4.69) is 0 Å². The van der Waals surface area contributed by atoms with Crippen LogP contribution in [0.4, 0.5) is 10.1 Å². The van der Waals surface area contributed by atoms with Gasteiger partial charge in [-0.05, 0) is 42.1 Å². The Morgan fingerprint density at radius 1 is 0.966 bits per heavy atom. The highest BCUT2D eigenvalue weighted by molar-refractivity contribution is 7.11. The fourth-order valence-electron chi connectivity index (χ4n) is 3.46. The molecule has 146 valence electrons. The Kier molecular flexibility index (Phi) is 5.27. The molecule has 0 saturated carbocycles. The molecule has 0 saturated heterocycles. The van der Waals surface area contributed by atoms with E-state index in [9.17, 15) is 14.0 Å². The van der Waals surface area contributed by atoms with Gasteiger partial charge in [-0.3, -0.25) is 9.59 Å². The van der Waals surface area contributed by atoms with E-state index in [0.717, 1.165) is 15.3 Å². The first-order chi connectivity index (χ1) is 14.1. The van der Waals surface area contributed by atoms with Gasteiger partial charge in [-0.2, -0.15) is 0 Å². The maximum atomic E-state index is 13.8. The van der Waals surface area contributed by atoms with E-state index in [-0.39, 0.29) is 5.69 Å². The number of amides is 2. The predicted octanol–water partition coefficient (Wildman–Crippen LogP) is 4.69. The highest BCUT2D eigenvalue weighted by atomic mass is 32.1. The van der Waals surface area contributed by atoms with Crippen LogP contribution in [0.2, 0.25) is 0 Å². The lowest BCUT2D eigenvalue weighted by molar-refractivity contribution is -0.120. The van der Waals surface area contributed by atoms with Crippen LogP contribution in [-0.2, 0) is 16.1 Å². The lowest BCUT2D eigenvalue weighted by atomic mass is 10.1. The van der Waals surface area contributed by atoms with Crippen molar-refractivity contribution in [3.05, 3.63) is 94.1 Å². The summed E-state index contributed by atoms with van der Waals surface area (Å²) in [5.74, 6) is -1.35. The van der Waals surface area contributed by atoms with Crippen molar-refractivity contribution < 1.29 is 14.0 Å². The minimum absolute atomic E-state index is 0.236. The van der Waals surface area contributed by atoms with Gasteiger partial charge < -0.3 is 4.90 Å². The first-order valence-electron chi connectivity index (χ1n) is 9.31. The summed E-state index contributed by atoms with van der Waals surface area (Å²) in [5.41, 5.74) is 2.00. The van der Waals surface area contributed by atoms with Crippen molar-refractivity contribution in [1.82, 2.24) is 4.90 Å². The zero-order valence-electron chi connectivity index (χ0n) is 15.8. The van der Waals surface area contributed by atoms with Crippen LogP contribution in [0, 0.1) is 5.82 Å². The Labute approximate surface area is 172 Å². The number of halogens is 1. The number of imide groups is 1. The molecule has 0 bridgehead atoms. The van der Waals surface area contributed by atoms with Gasteiger partial charge >= 0.3 is 0 Å². The summed E-state index contributed by atoms with van der Waals surface area (Å²) >= 11 is 1.41. The Balaban J connectivity index is 1.80. The van der Waals surface area contributed by atoms with Gasteiger partial charge in [-0.25, -0.2) is 9.29 Å². The molecule has 4 rings (SSSR count). The lowest BCUT2D eigenvalue weighted by Gasteiger charge is -2.24. The lowest BCUT2D eigenvalue weighted by Crippen LogP contribution is -2.35. The molecule has 0 aliphatic carbocycles. The quantitative estimate of drug-likeness (QED) is 0.558. The molecule has 6 heteroatoms. The molecule has 4 nitrogen and oxygen atoms in total. The van der Waals surface area contributed by atoms with Gasteiger partial charge in [0.2, 0.25) is 0 Å². The van der Waals surface area contributed by atoms with Crippen LogP contribution in [0.25, 0.3) is 5.57 Å². The van der Waals surface area contributed by atoms with Gasteiger partial charge in [0.15, 0.2) is 0 Å². The summed E-state index contributed by atoms with van der Waals surface area (Å²) in [4.78, 5) is 30.4. The van der Waals surface area contributed by atoms with Crippen LogP contribution in [0.3, 0.4) is 0 Å². The van der Waals surface area contributed by atoms with Crippen LogP contribution >= 0.6 is 11.3 Å². The Bertz CT molecular complexity index is 1080. The molecule has 0 fully saturated rings. The fourth-order valence-corrected chi connectivity index (χ4v) is 4.22. The van der Waals surface area contributed by atoms with Crippen molar-refractivity contribution in [3.8, 4) is 0 Å². The predicted molar refractivity (Wildman–Crippen MR) is 113 cm³/mol. The molecule has 0 N–H and O–H groups in total. The summed E-state index contributed by atoms with van der Waals surface area (Å²) in [6, 6.07) is 19.0. The van der Waals surface area contributed by atoms with E-state index >= 15 is 0 Å². The first kappa shape index (κ1) is 19.1. The van der Waals surface area contributed by atoms with Gasteiger partial charge in [0, 0.05) is 18.0 Å². The van der Waals surface area contributed by atoms with Gasteiger partial charge in [0.1, 0.15) is 11.5 Å². The van der Waals surface area contributed by atoms with E-state index in [1.165, 1.54) is 29.5 Å². The van der Waals surface area contributed by atoms with Crippen molar-refractivity contribution in [1.29, 1.82) is 0 Å². The van der Waals surface area contributed by atoms with Crippen LogP contribution in [0.1, 0.15) is 17.4 Å². The molecule has 3 aromatic rings. The molecule has 29 heavy (non-hydrogen) atoms.